The van der Waals surface area contributed by atoms with Gasteiger partial charge in [0.15, 0.2) is 0 Å². The number of hydrogen-bond acceptors (Lipinski definition) is 4. The summed E-state index contributed by atoms with van der Waals surface area (Å²) in [5.41, 5.74) is 5.81. The second-order valence-electron chi connectivity index (χ2n) is 6.64. The molecular formula is C16H28N4O. The molecule has 2 aliphatic carbocycles. The van der Waals surface area contributed by atoms with Crippen molar-refractivity contribution in [1.29, 1.82) is 0 Å². The second-order valence-corrected chi connectivity index (χ2v) is 6.64. The van der Waals surface area contributed by atoms with Crippen molar-refractivity contribution < 1.29 is 4.74 Å². The quantitative estimate of drug-likeness (QED) is 0.905. The third-order valence-electron chi connectivity index (χ3n) is 5.46. The summed E-state index contributed by atoms with van der Waals surface area (Å²) in [5, 5.41) is 8.78. The Bertz CT molecular complexity index is 459. The van der Waals surface area contributed by atoms with E-state index in [9.17, 15) is 0 Å². The molecule has 1 aromatic rings. The first-order valence-electron chi connectivity index (χ1n) is 8.44. The highest BCUT2D eigenvalue weighted by Gasteiger charge is 2.34. The summed E-state index contributed by atoms with van der Waals surface area (Å²) in [6.07, 6.45) is 9.63. The monoisotopic (exact) mass is 292 g/mol. The first-order valence-corrected chi connectivity index (χ1v) is 8.44. The van der Waals surface area contributed by atoms with Crippen LogP contribution in [-0.4, -0.2) is 28.5 Å². The molecule has 0 bridgehead atoms. The molecule has 5 heteroatoms. The van der Waals surface area contributed by atoms with Gasteiger partial charge in [-0.05, 0) is 31.1 Å². The minimum Gasteiger partial charge on any atom is -0.383 e. The molecule has 2 saturated carbocycles. The molecule has 0 aromatic carbocycles. The topological polar surface area (TPSA) is 66.0 Å². The summed E-state index contributed by atoms with van der Waals surface area (Å²) < 4.78 is 7.43. The minimum absolute atomic E-state index is 0.454. The average molecular weight is 292 g/mol. The summed E-state index contributed by atoms with van der Waals surface area (Å²) in [6.45, 7) is 1.96. The van der Waals surface area contributed by atoms with E-state index in [1.54, 1.807) is 7.11 Å². The summed E-state index contributed by atoms with van der Waals surface area (Å²) >= 11 is 0. The van der Waals surface area contributed by atoms with Crippen molar-refractivity contribution in [3.05, 3.63) is 11.6 Å². The van der Waals surface area contributed by atoms with Crippen LogP contribution >= 0.6 is 0 Å². The molecule has 3 atom stereocenters. The zero-order valence-corrected chi connectivity index (χ0v) is 13.1. The molecule has 0 amide bonds. The van der Waals surface area contributed by atoms with Gasteiger partial charge in [0.2, 0.25) is 0 Å². The molecule has 1 aromatic heterocycles. The number of aromatic nitrogens is 3. The fourth-order valence-electron chi connectivity index (χ4n) is 4.34. The number of rotatable bonds is 5. The van der Waals surface area contributed by atoms with Crippen LogP contribution in [0.2, 0.25) is 0 Å². The van der Waals surface area contributed by atoms with Crippen LogP contribution in [0, 0.1) is 11.8 Å². The van der Waals surface area contributed by atoms with E-state index < -0.39 is 0 Å². The van der Waals surface area contributed by atoms with Gasteiger partial charge < -0.3 is 15.0 Å². The van der Waals surface area contributed by atoms with E-state index in [4.69, 9.17) is 10.5 Å². The van der Waals surface area contributed by atoms with Crippen molar-refractivity contribution in [3.8, 4) is 0 Å². The molecule has 0 spiro atoms. The van der Waals surface area contributed by atoms with Crippen molar-refractivity contribution in [1.82, 2.24) is 14.8 Å². The molecule has 5 nitrogen and oxygen atoms in total. The second kappa shape index (κ2) is 6.88. The standard InChI is InChI=1S/C16H28N4O/c1-21-9-8-20-15(11-17)18-19-16(20)14-7-6-12-4-2-3-5-13(12)10-14/h12-14H,2-11,17H2,1H3. The first kappa shape index (κ1) is 15.0. The highest BCUT2D eigenvalue weighted by molar-refractivity contribution is 5.05. The Labute approximate surface area is 127 Å². The number of methoxy groups -OCH3 is 1. The van der Waals surface area contributed by atoms with Crippen LogP contribution in [0.1, 0.15) is 62.5 Å². The molecule has 21 heavy (non-hydrogen) atoms. The number of ether oxygens (including phenoxy) is 1. The van der Waals surface area contributed by atoms with Crippen molar-refractivity contribution >= 4 is 0 Å². The van der Waals surface area contributed by atoms with Gasteiger partial charge in [-0.3, -0.25) is 0 Å². The average Bonchev–Trinajstić information content (AvgIpc) is 2.95. The maximum Gasteiger partial charge on any atom is 0.146 e. The lowest BCUT2D eigenvalue weighted by molar-refractivity contribution is 0.149. The lowest BCUT2D eigenvalue weighted by atomic mass is 9.67. The van der Waals surface area contributed by atoms with Gasteiger partial charge in [0.25, 0.3) is 0 Å². The molecule has 1 heterocycles. The fourth-order valence-corrected chi connectivity index (χ4v) is 4.34. The maximum absolute atomic E-state index is 5.81. The van der Waals surface area contributed by atoms with Crippen molar-refractivity contribution in [2.24, 2.45) is 17.6 Å². The van der Waals surface area contributed by atoms with Crippen LogP contribution < -0.4 is 5.73 Å². The smallest absolute Gasteiger partial charge is 0.146 e. The summed E-state index contributed by atoms with van der Waals surface area (Å²) in [4.78, 5) is 0. The van der Waals surface area contributed by atoms with E-state index in [-0.39, 0.29) is 0 Å². The van der Waals surface area contributed by atoms with E-state index in [1.807, 2.05) is 0 Å². The zero-order chi connectivity index (χ0) is 14.7. The molecule has 2 N–H and O–H groups in total. The summed E-state index contributed by atoms with van der Waals surface area (Å²) in [6, 6.07) is 0. The number of nitrogens with two attached hydrogens (primary N) is 1. The molecule has 0 aliphatic heterocycles. The molecule has 2 fully saturated rings. The molecule has 0 radical (unpaired) electrons. The zero-order valence-electron chi connectivity index (χ0n) is 13.1. The highest BCUT2D eigenvalue weighted by atomic mass is 16.5. The van der Waals surface area contributed by atoms with Gasteiger partial charge in [-0.15, -0.1) is 10.2 Å². The van der Waals surface area contributed by atoms with Gasteiger partial charge in [0, 0.05) is 19.6 Å². The molecular weight excluding hydrogens is 264 g/mol. The number of nitrogens with zero attached hydrogens (tertiary/aromatic N) is 3. The van der Waals surface area contributed by atoms with E-state index in [0.29, 0.717) is 19.1 Å². The van der Waals surface area contributed by atoms with E-state index >= 15 is 0 Å². The largest absolute Gasteiger partial charge is 0.383 e. The van der Waals surface area contributed by atoms with E-state index in [0.717, 1.165) is 30.0 Å². The Hall–Kier alpha value is -0.940. The van der Waals surface area contributed by atoms with E-state index in [1.165, 1.54) is 44.9 Å². The van der Waals surface area contributed by atoms with Gasteiger partial charge in [-0.2, -0.15) is 0 Å². The van der Waals surface area contributed by atoms with Gasteiger partial charge in [-0.25, -0.2) is 0 Å². The Morgan fingerprint density at radius 1 is 1.14 bits per heavy atom. The minimum atomic E-state index is 0.454. The van der Waals surface area contributed by atoms with Crippen molar-refractivity contribution in [2.45, 2.75) is 64.0 Å². The molecule has 3 rings (SSSR count). The van der Waals surface area contributed by atoms with Gasteiger partial charge in [-0.1, -0.05) is 25.7 Å². The fraction of sp³-hybridized carbons (Fsp3) is 0.875. The van der Waals surface area contributed by atoms with Gasteiger partial charge in [0.05, 0.1) is 13.2 Å². The molecule has 2 aliphatic rings. The Kier molecular flexibility index (Phi) is 4.91. The Balaban J connectivity index is 1.75. The summed E-state index contributed by atoms with van der Waals surface area (Å²) in [7, 11) is 1.74. The normalized spacial score (nSPS) is 29.3. The first-order chi connectivity index (χ1) is 10.3. The molecule has 0 saturated heterocycles. The van der Waals surface area contributed by atoms with Crippen molar-refractivity contribution in [3.63, 3.8) is 0 Å². The lowest BCUT2D eigenvalue weighted by Crippen LogP contribution is -2.28. The number of fused-ring (bicyclic) bond motifs is 1. The van der Waals surface area contributed by atoms with E-state index in [2.05, 4.69) is 14.8 Å². The predicted molar refractivity (Wildman–Crippen MR) is 81.8 cm³/mol. The predicted octanol–water partition coefficient (Wildman–Crippen LogP) is 2.46. The van der Waals surface area contributed by atoms with Crippen LogP contribution in [0.25, 0.3) is 0 Å². The maximum atomic E-state index is 5.81. The summed E-state index contributed by atoms with van der Waals surface area (Å²) in [5.74, 6) is 4.49. The van der Waals surface area contributed by atoms with Crippen LogP contribution in [0.5, 0.6) is 0 Å². The van der Waals surface area contributed by atoms with Gasteiger partial charge in [0.1, 0.15) is 11.6 Å². The molecule has 3 unspecified atom stereocenters. The van der Waals surface area contributed by atoms with Crippen LogP contribution in [0.15, 0.2) is 0 Å². The lowest BCUT2D eigenvalue weighted by Gasteiger charge is -2.39. The van der Waals surface area contributed by atoms with Crippen LogP contribution in [0.3, 0.4) is 0 Å². The Morgan fingerprint density at radius 2 is 1.95 bits per heavy atom. The Morgan fingerprint density at radius 3 is 2.71 bits per heavy atom. The number of hydrogen-bond donors (Lipinski definition) is 1. The highest BCUT2D eigenvalue weighted by Crippen LogP contribution is 2.45. The molecule has 118 valence electrons. The SMILES string of the molecule is COCCn1c(CN)nnc1C1CCC2CCCCC2C1. The third-order valence-corrected chi connectivity index (χ3v) is 5.46. The third kappa shape index (κ3) is 3.14. The van der Waals surface area contributed by atoms with Crippen molar-refractivity contribution in [2.75, 3.05) is 13.7 Å². The van der Waals surface area contributed by atoms with Crippen LogP contribution in [0.4, 0.5) is 0 Å². The van der Waals surface area contributed by atoms with Gasteiger partial charge >= 0.3 is 0 Å². The van der Waals surface area contributed by atoms with Crippen LogP contribution in [-0.2, 0) is 17.8 Å².